The summed E-state index contributed by atoms with van der Waals surface area (Å²) in [6.45, 7) is 1.41. The molecule has 5 rings (SSSR count). The minimum Gasteiger partial charge on any atom is -0.361 e. The van der Waals surface area contributed by atoms with E-state index in [9.17, 15) is 4.79 Å². The maximum Gasteiger partial charge on any atom is 0.253 e. The van der Waals surface area contributed by atoms with E-state index < -0.39 is 0 Å². The molecular weight excluding hydrogens is 366 g/mol. The predicted octanol–water partition coefficient (Wildman–Crippen LogP) is 2.69. The number of piperidine rings is 1. The molecule has 1 saturated heterocycles. The van der Waals surface area contributed by atoms with E-state index in [0.717, 1.165) is 46.6 Å². The summed E-state index contributed by atoms with van der Waals surface area (Å²) in [6.07, 6.45) is 3.60. The molecule has 1 N–H and O–H groups in total. The molecule has 29 heavy (non-hydrogen) atoms. The Bertz CT molecular complexity index is 1180. The van der Waals surface area contributed by atoms with Crippen molar-refractivity contribution in [2.75, 3.05) is 32.1 Å². The van der Waals surface area contributed by atoms with Gasteiger partial charge in [-0.15, -0.1) is 15.3 Å². The van der Waals surface area contributed by atoms with E-state index in [0.29, 0.717) is 13.1 Å². The minimum atomic E-state index is 0.0886. The fourth-order valence-electron chi connectivity index (χ4n) is 4.00. The van der Waals surface area contributed by atoms with Crippen LogP contribution in [-0.4, -0.2) is 62.8 Å². The molecule has 0 saturated carbocycles. The highest BCUT2D eigenvalue weighted by Crippen LogP contribution is 2.28. The number of benzene rings is 1. The molecule has 8 heteroatoms. The molecule has 0 atom stereocenters. The maximum absolute atomic E-state index is 13.0. The second-order valence-electron chi connectivity index (χ2n) is 7.76. The second kappa shape index (κ2) is 6.88. The van der Waals surface area contributed by atoms with Crippen molar-refractivity contribution in [3.63, 3.8) is 0 Å². The number of hydrogen-bond donors (Lipinski definition) is 1. The first-order valence-corrected chi connectivity index (χ1v) is 9.86. The monoisotopic (exact) mass is 389 g/mol. The molecule has 148 valence electrons. The Morgan fingerprint density at radius 1 is 1.10 bits per heavy atom. The minimum absolute atomic E-state index is 0.0886. The van der Waals surface area contributed by atoms with E-state index in [1.807, 2.05) is 71.0 Å². The van der Waals surface area contributed by atoms with Crippen LogP contribution in [0.3, 0.4) is 0 Å². The Labute approximate surface area is 168 Å². The van der Waals surface area contributed by atoms with E-state index in [-0.39, 0.29) is 11.8 Å². The van der Waals surface area contributed by atoms with Crippen molar-refractivity contribution in [1.82, 2.24) is 29.7 Å². The van der Waals surface area contributed by atoms with Crippen LogP contribution in [0.5, 0.6) is 0 Å². The summed E-state index contributed by atoms with van der Waals surface area (Å²) in [5.41, 5.74) is 2.54. The number of anilines is 1. The molecule has 0 radical (unpaired) electrons. The Kier molecular flexibility index (Phi) is 4.19. The first-order chi connectivity index (χ1) is 14.1. The Morgan fingerprint density at radius 3 is 2.72 bits per heavy atom. The van der Waals surface area contributed by atoms with Gasteiger partial charge >= 0.3 is 0 Å². The summed E-state index contributed by atoms with van der Waals surface area (Å²) in [5, 5.41) is 14.4. The van der Waals surface area contributed by atoms with Gasteiger partial charge in [0.1, 0.15) is 5.82 Å². The summed E-state index contributed by atoms with van der Waals surface area (Å²) in [4.78, 5) is 20.0. The van der Waals surface area contributed by atoms with Gasteiger partial charge in [-0.3, -0.25) is 4.79 Å². The standard InChI is InChI=1S/C21H23N7O/c1-26(2)19-6-5-18-23-24-20(28(18)25-19)14-8-11-27(12-9-14)21(29)16-3-4-17-15(13-16)7-10-22-17/h3-7,10,13-14,22H,8-9,11-12H2,1-2H3. The molecule has 0 bridgehead atoms. The van der Waals surface area contributed by atoms with Crippen LogP contribution in [0.4, 0.5) is 5.82 Å². The van der Waals surface area contributed by atoms with Gasteiger partial charge in [-0.1, -0.05) is 0 Å². The Morgan fingerprint density at radius 2 is 1.93 bits per heavy atom. The molecule has 8 nitrogen and oxygen atoms in total. The molecule has 0 spiro atoms. The first kappa shape index (κ1) is 17.7. The van der Waals surface area contributed by atoms with Crippen LogP contribution in [0.15, 0.2) is 42.6 Å². The van der Waals surface area contributed by atoms with Gasteiger partial charge in [-0.25, -0.2) is 0 Å². The van der Waals surface area contributed by atoms with Crippen LogP contribution in [-0.2, 0) is 0 Å². The van der Waals surface area contributed by atoms with Gasteiger partial charge < -0.3 is 14.8 Å². The largest absolute Gasteiger partial charge is 0.361 e. The van der Waals surface area contributed by atoms with Crippen LogP contribution in [0.25, 0.3) is 16.6 Å². The van der Waals surface area contributed by atoms with Gasteiger partial charge in [0.25, 0.3) is 5.91 Å². The van der Waals surface area contributed by atoms with Gasteiger partial charge in [-0.05, 0) is 49.2 Å². The molecule has 1 fully saturated rings. The number of amides is 1. The van der Waals surface area contributed by atoms with E-state index in [4.69, 9.17) is 0 Å². The molecule has 0 aliphatic carbocycles. The zero-order chi connectivity index (χ0) is 20.0. The number of nitrogens with one attached hydrogen (secondary N) is 1. The van der Waals surface area contributed by atoms with E-state index in [1.165, 1.54) is 0 Å². The Hall–Kier alpha value is -3.42. The second-order valence-corrected chi connectivity index (χ2v) is 7.76. The van der Waals surface area contributed by atoms with Crippen molar-refractivity contribution in [2.45, 2.75) is 18.8 Å². The molecule has 0 unspecified atom stereocenters. The number of carbonyl (C=O) groups is 1. The van der Waals surface area contributed by atoms with Crippen molar-refractivity contribution in [1.29, 1.82) is 0 Å². The molecular formula is C21H23N7O. The molecule has 1 aliphatic heterocycles. The van der Waals surface area contributed by atoms with Gasteiger partial charge in [0, 0.05) is 55.8 Å². The summed E-state index contributed by atoms with van der Waals surface area (Å²) < 4.78 is 1.84. The topological polar surface area (TPSA) is 82.4 Å². The molecule has 4 heterocycles. The Balaban J connectivity index is 1.33. The van der Waals surface area contributed by atoms with Gasteiger partial charge in [0.2, 0.25) is 0 Å². The highest BCUT2D eigenvalue weighted by atomic mass is 16.2. The molecule has 4 aromatic rings. The van der Waals surface area contributed by atoms with Crippen molar-refractivity contribution >= 4 is 28.3 Å². The van der Waals surface area contributed by atoms with E-state index >= 15 is 0 Å². The lowest BCUT2D eigenvalue weighted by atomic mass is 9.95. The number of likely N-dealkylation sites (tertiary alicyclic amines) is 1. The zero-order valence-corrected chi connectivity index (χ0v) is 16.5. The van der Waals surface area contributed by atoms with Gasteiger partial charge in [-0.2, -0.15) is 4.52 Å². The molecule has 3 aromatic heterocycles. The number of aromatic amines is 1. The lowest BCUT2D eigenvalue weighted by molar-refractivity contribution is 0.0711. The first-order valence-electron chi connectivity index (χ1n) is 9.86. The highest BCUT2D eigenvalue weighted by Gasteiger charge is 2.28. The quantitative estimate of drug-likeness (QED) is 0.583. The molecule has 1 aromatic carbocycles. The SMILES string of the molecule is CN(C)c1ccc2nnc(C3CCN(C(=O)c4ccc5[nH]ccc5c4)CC3)n2n1. The van der Waals surface area contributed by atoms with Crippen molar-refractivity contribution < 1.29 is 4.79 Å². The number of aromatic nitrogens is 5. The summed E-state index contributed by atoms with van der Waals surface area (Å²) in [5.74, 6) is 2.08. The van der Waals surface area contributed by atoms with Crippen molar-refractivity contribution in [3.8, 4) is 0 Å². The van der Waals surface area contributed by atoms with Crippen LogP contribution in [0, 0.1) is 0 Å². The van der Waals surface area contributed by atoms with E-state index in [2.05, 4.69) is 20.3 Å². The summed E-state index contributed by atoms with van der Waals surface area (Å²) >= 11 is 0. The third-order valence-electron chi connectivity index (χ3n) is 5.68. The normalized spacial score (nSPS) is 15.3. The number of carbonyl (C=O) groups excluding carboxylic acids is 1. The fraction of sp³-hybridized carbons (Fsp3) is 0.333. The number of H-pyrrole nitrogens is 1. The number of nitrogens with zero attached hydrogens (tertiary/aromatic N) is 6. The van der Waals surface area contributed by atoms with Crippen molar-refractivity contribution in [3.05, 3.63) is 54.0 Å². The summed E-state index contributed by atoms with van der Waals surface area (Å²) in [7, 11) is 3.93. The molecule has 1 amide bonds. The third-order valence-corrected chi connectivity index (χ3v) is 5.68. The van der Waals surface area contributed by atoms with Crippen LogP contribution in [0.2, 0.25) is 0 Å². The fourth-order valence-corrected chi connectivity index (χ4v) is 4.00. The number of fused-ring (bicyclic) bond motifs is 2. The lowest BCUT2D eigenvalue weighted by Crippen LogP contribution is -2.38. The third kappa shape index (κ3) is 3.10. The highest BCUT2D eigenvalue weighted by molar-refractivity contribution is 5.98. The molecule has 1 aliphatic rings. The zero-order valence-electron chi connectivity index (χ0n) is 16.5. The lowest BCUT2D eigenvalue weighted by Gasteiger charge is -2.31. The van der Waals surface area contributed by atoms with Gasteiger partial charge in [0.15, 0.2) is 11.5 Å². The summed E-state index contributed by atoms with van der Waals surface area (Å²) in [6, 6.07) is 11.7. The number of rotatable bonds is 3. The maximum atomic E-state index is 13.0. The van der Waals surface area contributed by atoms with Crippen LogP contribution < -0.4 is 4.90 Å². The predicted molar refractivity (Wildman–Crippen MR) is 111 cm³/mol. The average molecular weight is 389 g/mol. The van der Waals surface area contributed by atoms with Crippen LogP contribution in [0.1, 0.15) is 34.9 Å². The van der Waals surface area contributed by atoms with E-state index in [1.54, 1.807) is 0 Å². The van der Waals surface area contributed by atoms with Crippen molar-refractivity contribution in [2.24, 2.45) is 0 Å². The smallest absolute Gasteiger partial charge is 0.253 e. The van der Waals surface area contributed by atoms with Gasteiger partial charge in [0.05, 0.1) is 0 Å². The average Bonchev–Trinajstić information content (AvgIpc) is 3.39. The number of hydrogen-bond acceptors (Lipinski definition) is 5. The van der Waals surface area contributed by atoms with Crippen LogP contribution >= 0.6 is 0 Å².